The second-order valence-electron chi connectivity index (χ2n) is 3.30. The normalized spacial score (nSPS) is 11.2. The SMILES string of the molecule is C/N=C(/NCCc1ccc(C)o1)NC(=N)N. The number of aryl methyl sites for hydroxylation is 1. The first-order valence-electron chi connectivity index (χ1n) is 4.99. The van der Waals surface area contributed by atoms with E-state index < -0.39 is 0 Å². The number of furan rings is 1. The fourth-order valence-electron chi connectivity index (χ4n) is 1.23. The summed E-state index contributed by atoms with van der Waals surface area (Å²) in [4.78, 5) is 3.91. The Balaban J connectivity index is 2.31. The maximum atomic E-state index is 7.06. The lowest BCUT2D eigenvalue weighted by molar-refractivity contribution is 0.481. The lowest BCUT2D eigenvalue weighted by Crippen LogP contribution is -2.44. The summed E-state index contributed by atoms with van der Waals surface area (Å²) >= 11 is 0. The molecular weight excluding hydrogens is 206 g/mol. The van der Waals surface area contributed by atoms with Crippen LogP contribution in [0.3, 0.4) is 0 Å². The minimum atomic E-state index is -0.137. The first kappa shape index (κ1) is 12.1. The molecular formula is C10H17N5O. The number of hydrogen-bond donors (Lipinski definition) is 4. The monoisotopic (exact) mass is 223 g/mol. The second kappa shape index (κ2) is 5.79. The molecule has 1 aromatic heterocycles. The summed E-state index contributed by atoms with van der Waals surface area (Å²) in [5, 5.41) is 12.7. The molecule has 0 unspecified atom stereocenters. The summed E-state index contributed by atoms with van der Waals surface area (Å²) in [6.07, 6.45) is 0.756. The van der Waals surface area contributed by atoms with Crippen molar-refractivity contribution in [1.82, 2.24) is 10.6 Å². The van der Waals surface area contributed by atoms with Crippen LogP contribution in [0.25, 0.3) is 0 Å². The summed E-state index contributed by atoms with van der Waals surface area (Å²) in [5.74, 6) is 2.17. The van der Waals surface area contributed by atoms with Gasteiger partial charge in [-0.3, -0.25) is 15.7 Å². The van der Waals surface area contributed by atoms with Gasteiger partial charge in [-0.25, -0.2) is 0 Å². The van der Waals surface area contributed by atoms with E-state index >= 15 is 0 Å². The summed E-state index contributed by atoms with van der Waals surface area (Å²) < 4.78 is 5.41. The average molecular weight is 223 g/mol. The van der Waals surface area contributed by atoms with E-state index in [4.69, 9.17) is 15.6 Å². The molecule has 1 aromatic rings. The van der Waals surface area contributed by atoms with Gasteiger partial charge in [-0.05, 0) is 19.1 Å². The zero-order chi connectivity index (χ0) is 12.0. The van der Waals surface area contributed by atoms with Crippen LogP contribution in [0.1, 0.15) is 11.5 Å². The first-order chi connectivity index (χ1) is 7.61. The Morgan fingerprint density at radius 2 is 2.31 bits per heavy atom. The highest BCUT2D eigenvalue weighted by Gasteiger charge is 2.00. The molecule has 1 rings (SSSR count). The Bertz CT molecular complexity index is 382. The molecule has 0 spiro atoms. The third-order valence-corrected chi connectivity index (χ3v) is 1.94. The molecule has 0 aliphatic rings. The molecule has 16 heavy (non-hydrogen) atoms. The van der Waals surface area contributed by atoms with Crippen molar-refractivity contribution in [2.75, 3.05) is 13.6 Å². The fourth-order valence-corrected chi connectivity index (χ4v) is 1.23. The van der Waals surface area contributed by atoms with Gasteiger partial charge < -0.3 is 15.5 Å². The molecule has 0 amide bonds. The van der Waals surface area contributed by atoms with Gasteiger partial charge >= 0.3 is 0 Å². The van der Waals surface area contributed by atoms with Gasteiger partial charge in [-0.2, -0.15) is 0 Å². The van der Waals surface area contributed by atoms with Crippen LogP contribution in [0.4, 0.5) is 0 Å². The van der Waals surface area contributed by atoms with Crippen molar-refractivity contribution < 1.29 is 4.42 Å². The van der Waals surface area contributed by atoms with Gasteiger partial charge in [0.25, 0.3) is 0 Å². The van der Waals surface area contributed by atoms with Crippen LogP contribution in [-0.4, -0.2) is 25.5 Å². The summed E-state index contributed by atoms with van der Waals surface area (Å²) in [5.41, 5.74) is 5.19. The third kappa shape index (κ3) is 4.04. The molecule has 1 heterocycles. The number of nitrogens with zero attached hydrogens (tertiary/aromatic N) is 1. The van der Waals surface area contributed by atoms with Crippen LogP contribution in [-0.2, 0) is 6.42 Å². The van der Waals surface area contributed by atoms with Gasteiger partial charge in [0.05, 0.1) is 0 Å². The number of nitrogens with two attached hydrogens (primary N) is 1. The van der Waals surface area contributed by atoms with Gasteiger partial charge in [0, 0.05) is 20.0 Å². The van der Waals surface area contributed by atoms with Crippen molar-refractivity contribution in [3.8, 4) is 0 Å². The lowest BCUT2D eigenvalue weighted by atomic mass is 10.3. The van der Waals surface area contributed by atoms with Crippen molar-refractivity contribution >= 4 is 11.9 Å². The smallest absolute Gasteiger partial charge is 0.197 e. The highest BCUT2D eigenvalue weighted by atomic mass is 16.3. The van der Waals surface area contributed by atoms with Crippen LogP contribution in [0, 0.1) is 12.3 Å². The van der Waals surface area contributed by atoms with E-state index in [0.29, 0.717) is 12.5 Å². The minimum Gasteiger partial charge on any atom is -0.466 e. The van der Waals surface area contributed by atoms with E-state index in [1.165, 1.54) is 0 Å². The molecule has 0 bridgehead atoms. The van der Waals surface area contributed by atoms with Crippen LogP contribution in [0.5, 0.6) is 0 Å². The lowest BCUT2D eigenvalue weighted by Gasteiger charge is -2.09. The van der Waals surface area contributed by atoms with Crippen LogP contribution >= 0.6 is 0 Å². The quantitative estimate of drug-likeness (QED) is 0.434. The topological polar surface area (TPSA) is 99.4 Å². The molecule has 0 atom stereocenters. The number of hydrogen-bond acceptors (Lipinski definition) is 3. The zero-order valence-electron chi connectivity index (χ0n) is 9.50. The molecule has 0 saturated carbocycles. The molecule has 5 N–H and O–H groups in total. The van der Waals surface area contributed by atoms with E-state index in [2.05, 4.69) is 15.6 Å². The maximum Gasteiger partial charge on any atom is 0.197 e. The van der Waals surface area contributed by atoms with Crippen LogP contribution in [0.15, 0.2) is 21.5 Å². The highest BCUT2D eigenvalue weighted by Crippen LogP contribution is 2.05. The molecule has 0 aliphatic heterocycles. The molecule has 0 aromatic carbocycles. The van der Waals surface area contributed by atoms with Crippen molar-refractivity contribution in [3.05, 3.63) is 23.7 Å². The molecule has 0 radical (unpaired) electrons. The van der Waals surface area contributed by atoms with Crippen molar-refractivity contribution in [2.24, 2.45) is 10.7 Å². The molecule has 88 valence electrons. The van der Waals surface area contributed by atoms with Gasteiger partial charge in [0.1, 0.15) is 11.5 Å². The maximum absolute atomic E-state index is 7.06. The molecule has 0 fully saturated rings. The standard InChI is InChI=1S/C10H17N5O/c1-7-3-4-8(16-7)5-6-14-10(13-2)15-9(11)12/h3-4H,5-6H2,1-2H3,(H5,11,12,13,14,15). The third-order valence-electron chi connectivity index (χ3n) is 1.94. The van der Waals surface area contributed by atoms with Crippen molar-refractivity contribution in [3.63, 3.8) is 0 Å². The van der Waals surface area contributed by atoms with Gasteiger partial charge in [-0.15, -0.1) is 0 Å². The molecule has 0 aliphatic carbocycles. The predicted molar refractivity (Wildman–Crippen MR) is 63.6 cm³/mol. The van der Waals surface area contributed by atoms with Crippen molar-refractivity contribution in [1.29, 1.82) is 5.41 Å². The predicted octanol–water partition coefficient (Wildman–Crippen LogP) is 0.189. The fraction of sp³-hybridized carbons (Fsp3) is 0.400. The molecule has 0 saturated heterocycles. The van der Waals surface area contributed by atoms with E-state index in [1.54, 1.807) is 7.05 Å². The number of guanidine groups is 2. The zero-order valence-corrected chi connectivity index (χ0v) is 9.50. The van der Waals surface area contributed by atoms with Crippen molar-refractivity contribution in [2.45, 2.75) is 13.3 Å². The molecule has 6 heteroatoms. The Morgan fingerprint density at radius 1 is 1.56 bits per heavy atom. The second-order valence-corrected chi connectivity index (χ2v) is 3.30. The minimum absolute atomic E-state index is 0.137. The van der Waals surface area contributed by atoms with E-state index in [1.807, 2.05) is 19.1 Å². The first-order valence-corrected chi connectivity index (χ1v) is 4.99. The Labute approximate surface area is 94.4 Å². The largest absolute Gasteiger partial charge is 0.466 e. The number of nitrogens with one attached hydrogen (secondary N) is 3. The van der Waals surface area contributed by atoms with Gasteiger partial charge in [0.2, 0.25) is 0 Å². The summed E-state index contributed by atoms with van der Waals surface area (Å²) in [7, 11) is 1.62. The summed E-state index contributed by atoms with van der Waals surface area (Å²) in [6, 6.07) is 3.87. The number of rotatable bonds is 3. The number of aliphatic imine (C=N–C) groups is 1. The highest BCUT2D eigenvalue weighted by molar-refractivity contribution is 5.96. The van der Waals surface area contributed by atoms with Crippen LogP contribution in [0.2, 0.25) is 0 Å². The Hall–Kier alpha value is -1.98. The Morgan fingerprint density at radius 3 is 2.81 bits per heavy atom. The van der Waals surface area contributed by atoms with Gasteiger partial charge in [-0.1, -0.05) is 0 Å². The van der Waals surface area contributed by atoms with E-state index in [9.17, 15) is 0 Å². The average Bonchev–Trinajstić information content (AvgIpc) is 2.62. The van der Waals surface area contributed by atoms with E-state index in [0.717, 1.165) is 17.9 Å². The van der Waals surface area contributed by atoms with Gasteiger partial charge in [0.15, 0.2) is 11.9 Å². The molecule has 6 nitrogen and oxygen atoms in total. The van der Waals surface area contributed by atoms with E-state index in [-0.39, 0.29) is 5.96 Å². The van der Waals surface area contributed by atoms with Crippen LogP contribution < -0.4 is 16.4 Å². The summed E-state index contributed by atoms with van der Waals surface area (Å²) in [6.45, 7) is 2.58. The Kier molecular flexibility index (Phi) is 4.38.